The number of benzene rings is 3. The Hall–Kier alpha value is -4.32. The third-order valence-corrected chi connectivity index (χ3v) is 6.34. The molecule has 5 rings (SSSR count). The smallest absolute Gasteiger partial charge is 0.306 e. The minimum atomic E-state index is -0.303. The van der Waals surface area contributed by atoms with Crippen LogP contribution in [0.1, 0.15) is 47.7 Å². The fourth-order valence-electron chi connectivity index (χ4n) is 4.66. The fraction of sp³-hybridized carbons (Fsp3) is 0.200. The predicted octanol–water partition coefficient (Wildman–Crippen LogP) is 6.86. The number of fused-ring (bicyclic) bond motifs is 1. The van der Waals surface area contributed by atoms with Crippen LogP contribution in [0, 0.1) is 12.3 Å². The van der Waals surface area contributed by atoms with Crippen LogP contribution in [-0.2, 0) is 6.42 Å². The van der Waals surface area contributed by atoms with Crippen LogP contribution in [0.4, 0.5) is 17.1 Å². The molecule has 182 valence electrons. The molecule has 6 nitrogen and oxygen atoms in total. The van der Waals surface area contributed by atoms with Gasteiger partial charge in [-0.1, -0.05) is 68.4 Å². The number of amides is 1. The summed E-state index contributed by atoms with van der Waals surface area (Å²) in [7, 11) is 0. The predicted molar refractivity (Wildman–Crippen MR) is 145 cm³/mol. The van der Waals surface area contributed by atoms with Crippen LogP contribution in [0.3, 0.4) is 0 Å². The molecular formula is C30H30N4O2. The maximum absolute atomic E-state index is 13.6. The molecule has 1 aliphatic rings. The lowest BCUT2D eigenvalue weighted by Crippen LogP contribution is -2.39. The van der Waals surface area contributed by atoms with Crippen molar-refractivity contribution >= 4 is 28.7 Å². The van der Waals surface area contributed by atoms with Gasteiger partial charge in [0.05, 0.1) is 22.8 Å². The summed E-state index contributed by atoms with van der Waals surface area (Å²) in [5.41, 5.74) is 11.4. The number of furan rings is 1. The summed E-state index contributed by atoms with van der Waals surface area (Å²) >= 11 is 0. The molecule has 0 radical (unpaired) electrons. The van der Waals surface area contributed by atoms with Gasteiger partial charge in [0, 0.05) is 17.5 Å². The van der Waals surface area contributed by atoms with E-state index in [4.69, 9.17) is 9.52 Å². The number of hydrazone groups is 1. The van der Waals surface area contributed by atoms with E-state index in [1.165, 1.54) is 0 Å². The van der Waals surface area contributed by atoms with Crippen LogP contribution in [0.25, 0.3) is 0 Å². The molecular weight excluding hydrogens is 448 g/mol. The Morgan fingerprint density at radius 3 is 2.00 bits per heavy atom. The highest BCUT2D eigenvalue weighted by Gasteiger charge is 2.36. The molecule has 0 saturated carbocycles. The molecule has 0 saturated heterocycles. The summed E-state index contributed by atoms with van der Waals surface area (Å²) in [6, 6.07) is 29.3. The Morgan fingerprint density at radius 2 is 1.42 bits per heavy atom. The number of nitrogens with zero attached hydrogens (tertiary/aromatic N) is 2. The number of rotatable bonds is 6. The summed E-state index contributed by atoms with van der Waals surface area (Å²) in [6.45, 7) is 6.32. The van der Waals surface area contributed by atoms with Crippen LogP contribution in [0.5, 0.6) is 0 Å². The van der Waals surface area contributed by atoms with E-state index in [0.717, 1.165) is 52.5 Å². The molecule has 2 N–H and O–H groups in total. The van der Waals surface area contributed by atoms with Crippen molar-refractivity contribution in [2.24, 2.45) is 10.5 Å². The van der Waals surface area contributed by atoms with E-state index in [-0.39, 0.29) is 11.3 Å². The summed E-state index contributed by atoms with van der Waals surface area (Å²) in [4.78, 5) is 13.6. The second kappa shape index (κ2) is 9.74. The molecule has 6 heteroatoms. The number of hydrogen-bond donors (Lipinski definition) is 2. The minimum absolute atomic E-state index is 0.0393. The van der Waals surface area contributed by atoms with Crippen LogP contribution in [-0.4, -0.2) is 11.6 Å². The van der Waals surface area contributed by atoms with Crippen LogP contribution >= 0.6 is 0 Å². The monoisotopic (exact) mass is 478 g/mol. The highest BCUT2D eigenvalue weighted by Crippen LogP contribution is 2.39. The van der Waals surface area contributed by atoms with E-state index in [1.54, 1.807) is 5.01 Å². The average molecular weight is 479 g/mol. The third kappa shape index (κ3) is 4.89. The summed E-state index contributed by atoms with van der Waals surface area (Å²) in [5.74, 6) is 0.804. The van der Waals surface area contributed by atoms with Crippen molar-refractivity contribution < 1.29 is 9.21 Å². The summed E-state index contributed by atoms with van der Waals surface area (Å²) < 4.78 is 6.24. The molecule has 4 aromatic rings. The van der Waals surface area contributed by atoms with Gasteiger partial charge in [-0.2, -0.15) is 5.10 Å². The highest BCUT2D eigenvalue weighted by molar-refractivity contribution is 6.07. The number of carbonyl (C=O) groups excluding carboxylic acids is 1. The Morgan fingerprint density at radius 1 is 0.861 bits per heavy atom. The molecule has 0 spiro atoms. The zero-order valence-electron chi connectivity index (χ0n) is 20.8. The summed E-state index contributed by atoms with van der Waals surface area (Å²) in [6.07, 6.45) is 1.52. The molecule has 0 unspecified atom stereocenters. The van der Waals surface area contributed by atoms with Crippen LogP contribution < -0.4 is 15.9 Å². The van der Waals surface area contributed by atoms with Gasteiger partial charge in [0.2, 0.25) is 0 Å². The van der Waals surface area contributed by atoms with Gasteiger partial charge in [-0.05, 0) is 55.2 Å². The molecule has 1 heterocycles. The molecule has 36 heavy (non-hydrogen) atoms. The Labute approximate surface area is 211 Å². The Balaban J connectivity index is 1.48. The zero-order chi connectivity index (χ0) is 25.1. The van der Waals surface area contributed by atoms with Gasteiger partial charge < -0.3 is 4.42 Å². The first-order chi connectivity index (χ1) is 17.4. The molecule has 3 aromatic carbocycles. The van der Waals surface area contributed by atoms with Gasteiger partial charge >= 0.3 is 5.91 Å². The Kier molecular flexibility index (Phi) is 6.34. The standard InChI is InChI=1S/C30H30N4O2/c1-21-27-25(32-31-22-13-7-4-8-14-22)19-30(2,3)20-26(27)36-28(21)29(35)33-34(23-15-9-5-10-16-23)24-17-11-6-12-18-24/h4-18,31H,19-20H2,1-3H3,(H,33,35)/b32-25-. The molecule has 0 bridgehead atoms. The molecule has 0 atom stereocenters. The number of para-hydroxylation sites is 3. The first-order valence-electron chi connectivity index (χ1n) is 12.1. The maximum atomic E-state index is 13.6. The first kappa shape index (κ1) is 23.4. The maximum Gasteiger partial charge on any atom is 0.306 e. The zero-order valence-corrected chi connectivity index (χ0v) is 20.8. The Bertz CT molecular complexity index is 1340. The number of nitrogens with one attached hydrogen (secondary N) is 2. The second-order valence-electron chi connectivity index (χ2n) is 9.86. The van der Waals surface area contributed by atoms with Crippen molar-refractivity contribution in [1.82, 2.24) is 5.43 Å². The average Bonchev–Trinajstić information content (AvgIpc) is 3.22. The van der Waals surface area contributed by atoms with Gasteiger partial charge in [-0.3, -0.25) is 20.7 Å². The van der Waals surface area contributed by atoms with E-state index < -0.39 is 0 Å². The third-order valence-electron chi connectivity index (χ3n) is 6.34. The molecule has 0 fully saturated rings. The van der Waals surface area contributed by atoms with E-state index in [1.807, 2.05) is 97.9 Å². The molecule has 1 aromatic heterocycles. The normalized spacial score (nSPS) is 15.2. The van der Waals surface area contributed by atoms with Gasteiger partial charge in [-0.25, -0.2) is 0 Å². The van der Waals surface area contributed by atoms with Crippen molar-refractivity contribution in [3.05, 3.63) is 114 Å². The lowest BCUT2D eigenvalue weighted by atomic mass is 9.75. The van der Waals surface area contributed by atoms with Crippen molar-refractivity contribution in [2.45, 2.75) is 33.6 Å². The van der Waals surface area contributed by atoms with E-state index in [2.05, 4.69) is 24.7 Å². The number of carbonyl (C=O) groups is 1. The van der Waals surface area contributed by atoms with Gasteiger partial charge in [0.1, 0.15) is 5.76 Å². The van der Waals surface area contributed by atoms with E-state index in [0.29, 0.717) is 5.76 Å². The van der Waals surface area contributed by atoms with Gasteiger partial charge in [0.15, 0.2) is 5.76 Å². The summed E-state index contributed by atoms with van der Waals surface area (Å²) in [5, 5.41) is 6.52. The van der Waals surface area contributed by atoms with Crippen molar-refractivity contribution in [3.63, 3.8) is 0 Å². The SMILES string of the molecule is Cc1c(C(=O)NN(c2ccccc2)c2ccccc2)oc2c1/C(=N\Nc1ccccc1)CC(C)(C)C2. The first-order valence-corrected chi connectivity index (χ1v) is 12.1. The molecule has 1 amide bonds. The van der Waals surface area contributed by atoms with Crippen LogP contribution in [0.15, 0.2) is 101 Å². The van der Waals surface area contributed by atoms with Gasteiger partial charge in [0.25, 0.3) is 0 Å². The van der Waals surface area contributed by atoms with E-state index >= 15 is 0 Å². The van der Waals surface area contributed by atoms with Gasteiger partial charge in [-0.15, -0.1) is 0 Å². The van der Waals surface area contributed by atoms with Crippen molar-refractivity contribution in [3.8, 4) is 0 Å². The molecule has 1 aliphatic carbocycles. The largest absolute Gasteiger partial charge is 0.455 e. The van der Waals surface area contributed by atoms with E-state index in [9.17, 15) is 4.79 Å². The topological polar surface area (TPSA) is 69.9 Å². The number of hydrogen-bond acceptors (Lipinski definition) is 5. The highest BCUT2D eigenvalue weighted by atomic mass is 16.4. The lowest BCUT2D eigenvalue weighted by molar-refractivity contribution is 0.0922. The van der Waals surface area contributed by atoms with Crippen LogP contribution in [0.2, 0.25) is 0 Å². The van der Waals surface area contributed by atoms with Crippen molar-refractivity contribution in [1.29, 1.82) is 0 Å². The second-order valence-corrected chi connectivity index (χ2v) is 9.86. The van der Waals surface area contributed by atoms with Crippen molar-refractivity contribution in [2.75, 3.05) is 10.4 Å². The molecule has 0 aliphatic heterocycles. The number of anilines is 3. The lowest BCUT2D eigenvalue weighted by Gasteiger charge is -2.29. The minimum Gasteiger partial charge on any atom is -0.455 e. The number of hydrazine groups is 1. The fourth-order valence-corrected chi connectivity index (χ4v) is 4.66. The quantitative estimate of drug-likeness (QED) is 0.297.